The fourth-order valence-corrected chi connectivity index (χ4v) is 5.77. The number of nitrogens with zero attached hydrogens (tertiary/aromatic N) is 4. The Labute approximate surface area is 184 Å². The third-order valence-corrected chi connectivity index (χ3v) is 7.60. The first-order valence-corrected chi connectivity index (χ1v) is 11.8. The van der Waals surface area contributed by atoms with Crippen LogP contribution in [0.1, 0.15) is 44.7 Å². The molecule has 0 radical (unpaired) electrons. The summed E-state index contributed by atoms with van der Waals surface area (Å²) in [4.78, 5) is 30.7. The Morgan fingerprint density at radius 2 is 2.06 bits per heavy atom. The molecule has 2 saturated heterocycles. The average molecular weight is 433 g/mol. The number of aromatic nitrogens is 2. The number of ether oxygens (including phenoxy) is 2. The van der Waals surface area contributed by atoms with Crippen molar-refractivity contribution in [2.75, 3.05) is 46.0 Å². The quantitative estimate of drug-likeness (QED) is 0.636. The maximum atomic E-state index is 13.2. The topological polar surface area (TPSA) is 76.9 Å². The number of likely N-dealkylation sites (tertiary alicyclic amines) is 1. The standard InChI is InChI=1S/C23H36N4O4/c1-3-31-22(29)23-9-6-20(26-12-14-30-15-13-26)16-18(23)8-11-27(17-23)21(28)5-4-19-7-10-24-25(19)2/h7,10,18,20H,3-6,8-9,11-17H2,1-2H3/t18-,20-,23-/m1/s1. The predicted molar refractivity (Wildman–Crippen MR) is 115 cm³/mol. The highest BCUT2D eigenvalue weighted by Crippen LogP contribution is 2.48. The van der Waals surface area contributed by atoms with Crippen LogP contribution < -0.4 is 0 Å². The molecule has 3 heterocycles. The fourth-order valence-electron chi connectivity index (χ4n) is 5.77. The summed E-state index contributed by atoms with van der Waals surface area (Å²) in [5, 5.41) is 4.18. The van der Waals surface area contributed by atoms with E-state index in [1.54, 1.807) is 6.20 Å². The van der Waals surface area contributed by atoms with E-state index in [-0.39, 0.29) is 17.8 Å². The van der Waals surface area contributed by atoms with Gasteiger partial charge < -0.3 is 14.4 Å². The minimum absolute atomic E-state index is 0.107. The van der Waals surface area contributed by atoms with Crippen molar-refractivity contribution in [2.45, 2.75) is 51.5 Å². The molecular formula is C23H36N4O4. The van der Waals surface area contributed by atoms with Crippen LogP contribution in [0.4, 0.5) is 0 Å². The monoisotopic (exact) mass is 432 g/mol. The van der Waals surface area contributed by atoms with Crippen molar-refractivity contribution in [3.05, 3.63) is 18.0 Å². The largest absolute Gasteiger partial charge is 0.466 e. The summed E-state index contributed by atoms with van der Waals surface area (Å²) >= 11 is 0. The molecule has 0 spiro atoms. The molecule has 1 aromatic heterocycles. The molecular weight excluding hydrogens is 396 g/mol. The van der Waals surface area contributed by atoms with Gasteiger partial charge in [-0.1, -0.05) is 0 Å². The molecule has 31 heavy (non-hydrogen) atoms. The third kappa shape index (κ3) is 4.65. The zero-order valence-electron chi connectivity index (χ0n) is 18.9. The van der Waals surface area contributed by atoms with Crippen LogP contribution in [0.2, 0.25) is 0 Å². The van der Waals surface area contributed by atoms with Crippen LogP contribution in [-0.4, -0.2) is 83.5 Å². The molecule has 0 N–H and O–H groups in total. The molecule has 2 aliphatic heterocycles. The Bertz CT molecular complexity index is 775. The van der Waals surface area contributed by atoms with Crippen molar-refractivity contribution in [1.82, 2.24) is 19.6 Å². The van der Waals surface area contributed by atoms with Crippen molar-refractivity contribution in [2.24, 2.45) is 18.4 Å². The molecule has 0 unspecified atom stereocenters. The number of piperidine rings is 1. The molecule has 8 heteroatoms. The fraction of sp³-hybridized carbons (Fsp3) is 0.783. The molecule has 3 fully saturated rings. The van der Waals surface area contributed by atoms with Gasteiger partial charge in [0.15, 0.2) is 0 Å². The van der Waals surface area contributed by atoms with Crippen LogP contribution in [0.5, 0.6) is 0 Å². The molecule has 1 aliphatic carbocycles. The second-order valence-corrected chi connectivity index (χ2v) is 9.20. The lowest BCUT2D eigenvalue weighted by Crippen LogP contribution is -2.59. The first-order valence-electron chi connectivity index (χ1n) is 11.8. The van der Waals surface area contributed by atoms with E-state index in [4.69, 9.17) is 9.47 Å². The minimum atomic E-state index is -0.556. The molecule has 4 rings (SSSR count). The number of amides is 1. The smallest absolute Gasteiger partial charge is 0.314 e. The SMILES string of the molecule is CCOC(=O)[C@@]12CC[C@@H](N3CCOCC3)C[C@H]1CCN(C(=O)CCc1ccnn1C)C2. The van der Waals surface area contributed by atoms with Crippen LogP contribution in [0.25, 0.3) is 0 Å². The van der Waals surface area contributed by atoms with Crippen molar-refractivity contribution in [3.63, 3.8) is 0 Å². The van der Waals surface area contributed by atoms with Gasteiger partial charge in [0.1, 0.15) is 0 Å². The summed E-state index contributed by atoms with van der Waals surface area (Å²) in [6.07, 6.45) is 6.53. The van der Waals surface area contributed by atoms with Gasteiger partial charge >= 0.3 is 5.97 Å². The maximum absolute atomic E-state index is 13.2. The number of morpholine rings is 1. The third-order valence-electron chi connectivity index (χ3n) is 7.60. The first kappa shape index (κ1) is 22.3. The number of carbonyl (C=O) groups excluding carboxylic acids is 2. The van der Waals surface area contributed by atoms with Crippen LogP contribution in [0, 0.1) is 11.3 Å². The maximum Gasteiger partial charge on any atom is 0.314 e. The van der Waals surface area contributed by atoms with Gasteiger partial charge in [0, 0.05) is 57.6 Å². The molecule has 1 aromatic rings. The normalized spacial score (nSPS) is 29.4. The van der Waals surface area contributed by atoms with Crippen LogP contribution >= 0.6 is 0 Å². The van der Waals surface area contributed by atoms with Gasteiger partial charge in [-0.25, -0.2) is 0 Å². The number of aryl methyl sites for hydroxylation is 2. The molecule has 3 atom stereocenters. The highest BCUT2D eigenvalue weighted by molar-refractivity contribution is 5.81. The van der Waals surface area contributed by atoms with Crippen molar-refractivity contribution in [1.29, 1.82) is 0 Å². The Morgan fingerprint density at radius 3 is 2.77 bits per heavy atom. The van der Waals surface area contributed by atoms with Gasteiger partial charge in [-0.2, -0.15) is 5.10 Å². The first-order chi connectivity index (χ1) is 15.0. The Balaban J connectivity index is 1.43. The number of hydrogen-bond donors (Lipinski definition) is 0. The van der Waals surface area contributed by atoms with Crippen molar-refractivity contribution >= 4 is 11.9 Å². The highest BCUT2D eigenvalue weighted by atomic mass is 16.5. The van der Waals surface area contributed by atoms with Crippen molar-refractivity contribution < 1.29 is 19.1 Å². The van der Waals surface area contributed by atoms with E-state index in [2.05, 4.69) is 10.00 Å². The number of carbonyl (C=O) groups is 2. The van der Waals surface area contributed by atoms with E-state index in [0.717, 1.165) is 64.2 Å². The summed E-state index contributed by atoms with van der Waals surface area (Å²) in [7, 11) is 1.90. The number of fused-ring (bicyclic) bond motifs is 1. The number of esters is 1. The van der Waals surface area contributed by atoms with E-state index < -0.39 is 5.41 Å². The Hall–Kier alpha value is -1.93. The van der Waals surface area contributed by atoms with E-state index in [0.29, 0.717) is 32.0 Å². The minimum Gasteiger partial charge on any atom is -0.466 e. The van der Waals surface area contributed by atoms with Crippen LogP contribution in [0.3, 0.4) is 0 Å². The Morgan fingerprint density at radius 1 is 1.26 bits per heavy atom. The average Bonchev–Trinajstić information content (AvgIpc) is 3.22. The van der Waals surface area contributed by atoms with E-state index >= 15 is 0 Å². The lowest BCUT2D eigenvalue weighted by molar-refractivity contribution is -0.171. The highest BCUT2D eigenvalue weighted by Gasteiger charge is 2.54. The molecule has 1 saturated carbocycles. The van der Waals surface area contributed by atoms with Gasteiger partial charge in [-0.05, 0) is 51.0 Å². The summed E-state index contributed by atoms with van der Waals surface area (Å²) in [6, 6.07) is 2.45. The summed E-state index contributed by atoms with van der Waals surface area (Å²) in [5.74, 6) is 0.289. The lowest BCUT2D eigenvalue weighted by Gasteiger charge is -2.52. The lowest BCUT2D eigenvalue weighted by atomic mass is 9.61. The Kier molecular flexibility index (Phi) is 6.96. The van der Waals surface area contributed by atoms with Gasteiger partial charge in [0.2, 0.25) is 5.91 Å². The molecule has 0 aromatic carbocycles. The van der Waals surface area contributed by atoms with Crippen LogP contribution in [-0.2, 0) is 32.5 Å². The summed E-state index contributed by atoms with van der Waals surface area (Å²) in [6.45, 7) is 7.01. The molecule has 1 amide bonds. The van der Waals surface area contributed by atoms with Gasteiger partial charge in [-0.15, -0.1) is 0 Å². The van der Waals surface area contributed by atoms with Gasteiger partial charge in [0.05, 0.1) is 25.2 Å². The number of hydrogen-bond acceptors (Lipinski definition) is 6. The van der Waals surface area contributed by atoms with Gasteiger partial charge in [-0.3, -0.25) is 19.2 Å². The van der Waals surface area contributed by atoms with Crippen molar-refractivity contribution in [3.8, 4) is 0 Å². The summed E-state index contributed by atoms with van der Waals surface area (Å²) in [5.41, 5.74) is 0.494. The van der Waals surface area contributed by atoms with E-state index in [1.807, 2.05) is 29.6 Å². The zero-order chi connectivity index (χ0) is 21.8. The molecule has 8 nitrogen and oxygen atoms in total. The van der Waals surface area contributed by atoms with Crippen LogP contribution in [0.15, 0.2) is 12.3 Å². The molecule has 3 aliphatic rings. The van der Waals surface area contributed by atoms with E-state index in [1.165, 1.54) is 0 Å². The zero-order valence-corrected chi connectivity index (χ0v) is 18.9. The van der Waals surface area contributed by atoms with Gasteiger partial charge in [0.25, 0.3) is 0 Å². The predicted octanol–water partition coefficient (Wildman–Crippen LogP) is 1.64. The molecule has 172 valence electrons. The van der Waals surface area contributed by atoms with E-state index in [9.17, 15) is 9.59 Å². The second-order valence-electron chi connectivity index (χ2n) is 9.20. The molecule has 0 bridgehead atoms. The summed E-state index contributed by atoms with van der Waals surface area (Å²) < 4.78 is 12.9. The second kappa shape index (κ2) is 9.69. The number of rotatable bonds is 6.